The highest BCUT2D eigenvalue weighted by atomic mass is 79.9. The van der Waals surface area contributed by atoms with E-state index in [2.05, 4.69) is 42.1 Å². The van der Waals surface area contributed by atoms with Crippen molar-refractivity contribution in [1.29, 1.82) is 0 Å². The summed E-state index contributed by atoms with van der Waals surface area (Å²) in [6, 6.07) is 4.73. The first-order valence-electron chi connectivity index (χ1n) is 6.67. The van der Waals surface area contributed by atoms with E-state index in [1.807, 2.05) is 0 Å². The zero-order chi connectivity index (χ0) is 16.7. The third kappa shape index (κ3) is 5.22. The zero-order valence-electron chi connectivity index (χ0n) is 11.9. The number of hydrogen-bond donors (Lipinski definition) is 4. The summed E-state index contributed by atoms with van der Waals surface area (Å²) in [5.74, 6) is -1.18. The van der Waals surface area contributed by atoms with Crippen molar-refractivity contribution in [1.82, 2.24) is 26.1 Å². The SMILES string of the molecule is O=C(CCNC(=O)c1ccncc1)NNC(=O)c1cc(Br)c[nH]1. The third-order valence-corrected chi connectivity index (χ3v) is 3.25. The fraction of sp³-hybridized carbons (Fsp3) is 0.143. The number of carbonyl (C=O) groups is 3. The van der Waals surface area contributed by atoms with Crippen LogP contribution in [0.2, 0.25) is 0 Å². The molecule has 0 bridgehead atoms. The molecule has 2 aromatic heterocycles. The van der Waals surface area contributed by atoms with Crippen LogP contribution in [0.3, 0.4) is 0 Å². The number of pyridine rings is 1. The number of amides is 3. The monoisotopic (exact) mass is 379 g/mol. The van der Waals surface area contributed by atoms with Gasteiger partial charge in [0.15, 0.2) is 0 Å². The Labute approximate surface area is 140 Å². The van der Waals surface area contributed by atoms with Crippen LogP contribution in [-0.2, 0) is 4.79 Å². The van der Waals surface area contributed by atoms with Gasteiger partial charge in [-0.25, -0.2) is 0 Å². The first-order chi connectivity index (χ1) is 11.1. The van der Waals surface area contributed by atoms with Gasteiger partial charge in [-0.3, -0.25) is 30.2 Å². The van der Waals surface area contributed by atoms with Crippen LogP contribution in [0.25, 0.3) is 0 Å². The molecule has 120 valence electrons. The van der Waals surface area contributed by atoms with Crippen LogP contribution in [0.15, 0.2) is 41.3 Å². The van der Waals surface area contributed by atoms with Crippen LogP contribution < -0.4 is 16.2 Å². The van der Waals surface area contributed by atoms with E-state index in [9.17, 15) is 14.4 Å². The highest BCUT2D eigenvalue weighted by Crippen LogP contribution is 2.09. The number of hydrogen-bond acceptors (Lipinski definition) is 4. The molecule has 0 saturated carbocycles. The summed E-state index contributed by atoms with van der Waals surface area (Å²) in [6.07, 6.45) is 4.66. The summed E-state index contributed by atoms with van der Waals surface area (Å²) in [5.41, 5.74) is 5.31. The summed E-state index contributed by atoms with van der Waals surface area (Å²) in [6.45, 7) is 0.150. The van der Waals surface area contributed by atoms with Gasteiger partial charge in [-0.1, -0.05) is 0 Å². The lowest BCUT2D eigenvalue weighted by molar-refractivity contribution is -0.121. The number of nitrogens with zero attached hydrogens (tertiary/aromatic N) is 1. The zero-order valence-corrected chi connectivity index (χ0v) is 13.5. The fourth-order valence-electron chi connectivity index (χ4n) is 1.65. The second-order valence-electron chi connectivity index (χ2n) is 4.48. The number of nitrogens with one attached hydrogen (secondary N) is 4. The topological polar surface area (TPSA) is 116 Å². The van der Waals surface area contributed by atoms with Gasteiger partial charge in [0.2, 0.25) is 5.91 Å². The van der Waals surface area contributed by atoms with Gasteiger partial charge in [-0.2, -0.15) is 0 Å². The average molecular weight is 380 g/mol. The van der Waals surface area contributed by atoms with Crippen molar-refractivity contribution in [2.24, 2.45) is 0 Å². The molecule has 0 aliphatic carbocycles. The molecule has 0 aliphatic rings. The first-order valence-corrected chi connectivity index (χ1v) is 7.47. The molecule has 0 unspecified atom stereocenters. The largest absolute Gasteiger partial charge is 0.356 e. The molecular formula is C14H14BrN5O3. The normalized spacial score (nSPS) is 9.96. The van der Waals surface area contributed by atoms with Crippen molar-refractivity contribution in [2.75, 3.05) is 6.54 Å². The highest BCUT2D eigenvalue weighted by molar-refractivity contribution is 9.10. The lowest BCUT2D eigenvalue weighted by atomic mass is 10.2. The first kappa shape index (κ1) is 16.7. The molecule has 0 aliphatic heterocycles. The second-order valence-corrected chi connectivity index (χ2v) is 5.39. The van der Waals surface area contributed by atoms with Gasteiger partial charge in [0.1, 0.15) is 5.69 Å². The summed E-state index contributed by atoms with van der Waals surface area (Å²) < 4.78 is 0.729. The Morgan fingerprint density at radius 3 is 2.52 bits per heavy atom. The molecule has 0 saturated heterocycles. The van der Waals surface area contributed by atoms with Gasteiger partial charge in [0.05, 0.1) is 0 Å². The molecule has 23 heavy (non-hydrogen) atoms. The minimum atomic E-state index is -0.468. The van der Waals surface area contributed by atoms with Crippen molar-refractivity contribution in [3.63, 3.8) is 0 Å². The summed E-state index contributed by atoms with van der Waals surface area (Å²) in [5, 5.41) is 2.60. The number of aromatic nitrogens is 2. The van der Waals surface area contributed by atoms with Gasteiger partial charge in [0.25, 0.3) is 11.8 Å². The molecule has 0 fully saturated rings. The second kappa shape index (κ2) is 8.08. The Morgan fingerprint density at radius 2 is 1.87 bits per heavy atom. The maximum absolute atomic E-state index is 11.7. The predicted octanol–water partition coefficient (Wildman–Crippen LogP) is 0.753. The van der Waals surface area contributed by atoms with E-state index >= 15 is 0 Å². The van der Waals surface area contributed by atoms with E-state index in [1.54, 1.807) is 24.4 Å². The van der Waals surface area contributed by atoms with Crippen molar-refractivity contribution in [3.8, 4) is 0 Å². The Morgan fingerprint density at radius 1 is 1.13 bits per heavy atom. The van der Waals surface area contributed by atoms with Crippen LogP contribution >= 0.6 is 15.9 Å². The minimum absolute atomic E-state index is 0.0333. The number of carbonyl (C=O) groups excluding carboxylic acids is 3. The molecule has 2 aromatic rings. The van der Waals surface area contributed by atoms with E-state index in [0.717, 1.165) is 4.47 Å². The molecule has 0 atom stereocenters. The molecule has 3 amide bonds. The lowest BCUT2D eigenvalue weighted by Crippen LogP contribution is -2.42. The summed E-state index contributed by atoms with van der Waals surface area (Å²) in [4.78, 5) is 41.5. The Kier molecular flexibility index (Phi) is 5.87. The number of hydrazine groups is 1. The van der Waals surface area contributed by atoms with Crippen LogP contribution in [0.1, 0.15) is 27.3 Å². The molecule has 8 nitrogen and oxygen atoms in total. The molecule has 2 rings (SSSR count). The number of H-pyrrole nitrogens is 1. The van der Waals surface area contributed by atoms with E-state index in [4.69, 9.17) is 0 Å². The van der Waals surface area contributed by atoms with Gasteiger partial charge in [-0.15, -0.1) is 0 Å². The van der Waals surface area contributed by atoms with Crippen molar-refractivity contribution >= 4 is 33.7 Å². The Bertz CT molecular complexity index is 701. The number of rotatable bonds is 5. The molecule has 0 radical (unpaired) electrons. The van der Waals surface area contributed by atoms with Gasteiger partial charge in [0, 0.05) is 41.6 Å². The molecule has 9 heteroatoms. The van der Waals surface area contributed by atoms with Crippen LogP contribution in [0.4, 0.5) is 0 Å². The minimum Gasteiger partial charge on any atom is -0.356 e. The maximum Gasteiger partial charge on any atom is 0.286 e. The number of aromatic amines is 1. The molecule has 2 heterocycles. The fourth-order valence-corrected chi connectivity index (χ4v) is 1.99. The maximum atomic E-state index is 11.7. The molecule has 0 aromatic carbocycles. The van der Waals surface area contributed by atoms with Crippen molar-refractivity contribution in [2.45, 2.75) is 6.42 Å². The summed E-state index contributed by atoms with van der Waals surface area (Å²) in [7, 11) is 0. The van der Waals surface area contributed by atoms with Crippen molar-refractivity contribution < 1.29 is 14.4 Å². The van der Waals surface area contributed by atoms with E-state index < -0.39 is 11.8 Å². The predicted molar refractivity (Wildman–Crippen MR) is 85.3 cm³/mol. The van der Waals surface area contributed by atoms with Gasteiger partial charge < -0.3 is 10.3 Å². The smallest absolute Gasteiger partial charge is 0.286 e. The third-order valence-electron chi connectivity index (χ3n) is 2.79. The highest BCUT2D eigenvalue weighted by Gasteiger charge is 2.10. The van der Waals surface area contributed by atoms with E-state index in [0.29, 0.717) is 11.3 Å². The average Bonchev–Trinajstić information content (AvgIpc) is 3.00. The van der Waals surface area contributed by atoms with Crippen LogP contribution in [0.5, 0.6) is 0 Å². The van der Waals surface area contributed by atoms with E-state index in [1.165, 1.54) is 12.4 Å². The van der Waals surface area contributed by atoms with Crippen LogP contribution in [-0.4, -0.2) is 34.2 Å². The Balaban J connectivity index is 1.67. The van der Waals surface area contributed by atoms with Gasteiger partial charge >= 0.3 is 0 Å². The van der Waals surface area contributed by atoms with Crippen LogP contribution in [0, 0.1) is 0 Å². The Hall–Kier alpha value is -2.68. The molecular weight excluding hydrogens is 366 g/mol. The molecule has 4 N–H and O–H groups in total. The quantitative estimate of drug-likeness (QED) is 0.573. The van der Waals surface area contributed by atoms with Crippen molar-refractivity contribution in [3.05, 3.63) is 52.5 Å². The lowest BCUT2D eigenvalue weighted by Gasteiger charge is -2.07. The van der Waals surface area contributed by atoms with E-state index in [-0.39, 0.29) is 18.9 Å². The van der Waals surface area contributed by atoms with Gasteiger partial charge in [-0.05, 0) is 34.1 Å². The molecule has 0 spiro atoms. The summed E-state index contributed by atoms with van der Waals surface area (Å²) >= 11 is 3.20. The number of halogens is 1. The standard InChI is InChI=1S/C14H14BrN5O3/c15-10-7-11(18-8-10)14(23)20-19-12(21)3-6-17-13(22)9-1-4-16-5-2-9/h1-2,4-5,7-8,18H,3,6H2,(H,17,22)(H,19,21)(H,20,23).